The third-order valence-electron chi connectivity index (χ3n) is 6.92. The Hall–Kier alpha value is -3.41. The third kappa shape index (κ3) is 4.91. The molecule has 2 aromatic rings. The van der Waals surface area contributed by atoms with E-state index in [1.54, 1.807) is 42.5 Å². The molecule has 1 saturated carbocycles. The number of nitrogens with zero attached hydrogens (tertiary/aromatic N) is 2. The van der Waals surface area contributed by atoms with Crippen LogP contribution in [-0.2, 0) is 15.1 Å². The number of hydrogen-bond acceptors (Lipinski definition) is 6. The maximum Gasteiger partial charge on any atom is 0.335 e. The first kappa shape index (κ1) is 23.7. The minimum absolute atomic E-state index is 0.0374. The zero-order valence-corrected chi connectivity index (χ0v) is 19.3. The van der Waals surface area contributed by atoms with Crippen LogP contribution < -0.4 is 10.1 Å². The Balaban J connectivity index is 1.44. The van der Waals surface area contributed by atoms with Gasteiger partial charge in [-0.25, -0.2) is 4.79 Å². The fraction of sp³-hybridized carbons (Fsp3) is 0.423. The van der Waals surface area contributed by atoms with E-state index in [-0.39, 0.29) is 11.5 Å². The number of nitrogens with one attached hydrogen (secondary N) is 1. The van der Waals surface area contributed by atoms with Crippen molar-refractivity contribution in [3.05, 3.63) is 65.2 Å². The molecule has 0 radical (unpaired) electrons. The molecule has 8 nitrogen and oxygen atoms in total. The van der Waals surface area contributed by atoms with Gasteiger partial charge in [0.25, 0.3) is 0 Å². The Bertz CT molecular complexity index is 1080. The summed E-state index contributed by atoms with van der Waals surface area (Å²) in [5.41, 5.74) is 0.529. The summed E-state index contributed by atoms with van der Waals surface area (Å²) in [6, 6.07) is 15.9. The lowest BCUT2D eigenvalue weighted by atomic mass is 9.86. The molecule has 0 unspecified atom stereocenters. The Labute approximate surface area is 199 Å². The molecule has 0 spiro atoms. The lowest BCUT2D eigenvalue weighted by Crippen LogP contribution is -2.62. The van der Waals surface area contributed by atoms with Crippen LogP contribution in [-0.4, -0.2) is 60.8 Å². The summed E-state index contributed by atoms with van der Waals surface area (Å²) in [6.45, 7) is 1.92. The molecule has 2 aromatic carbocycles. The molecule has 4 rings (SSSR count). The first-order valence-electron chi connectivity index (χ1n) is 11.5. The molecule has 1 amide bonds. The molecule has 2 fully saturated rings. The SMILES string of the molecule is CN(CCOc1cccc(C#N)c1)C1(C(=O)NC2(c3ccc(C(=O)O)cc3)CC2)CCOCC1. The average molecular weight is 464 g/mol. The van der Waals surface area contributed by atoms with E-state index < -0.39 is 17.0 Å². The maximum atomic E-state index is 13.7. The summed E-state index contributed by atoms with van der Waals surface area (Å²) in [7, 11) is 1.93. The van der Waals surface area contributed by atoms with E-state index in [9.17, 15) is 9.59 Å². The van der Waals surface area contributed by atoms with Crippen molar-refractivity contribution in [3.8, 4) is 11.8 Å². The number of ether oxygens (including phenoxy) is 2. The van der Waals surface area contributed by atoms with Crippen LogP contribution in [0.2, 0.25) is 0 Å². The first-order valence-corrected chi connectivity index (χ1v) is 11.5. The number of benzene rings is 2. The molecule has 0 aromatic heterocycles. The smallest absolute Gasteiger partial charge is 0.335 e. The van der Waals surface area contributed by atoms with Crippen molar-refractivity contribution in [1.82, 2.24) is 10.2 Å². The Kier molecular flexibility index (Phi) is 6.87. The van der Waals surface area contributed by atoms with Crippen LogP contribution in [0.5, 0.6) is 5.75 Å². The second kappa shape index (κ2) is 9.84. The van der Waals surface area contributed by atoms with Gasteiger partial charge in [-0.2, -0.15) is 5.26 Å². The molecule has 0 bridgehead atoms. The van der Waals surface area contributed by atoms with Gasteiger partial charge in [-0.05, 0) is 68.6 Å². The van der Waals surface area contributed by atoms with Crippen molar-refractivity contribution in [2.75, 3.05) is 33.4 Å². The number of nitriles is 1. The predicted octanol–water partition coefficient (Wildman–Crippen LogP) is 2.92. The van der Waals surface area contributed by atoms with Gasteiger partial charge in [-0.1, -0.05) is 18.2 Å². The summed E-state index contributed by atoms with van der Waals surface area (Å²) in [4.78, 5) is 26.9. The van der Waals surface area contributed by atoms with E-state index in [1.165, 1.54) is 0 Å². The van der Waals surface area contributed by atoms with Gasteiger partial charge in [-0.15, -0.1) is 0 Å². The van der Waals surface area contributed by atoms with Gasteiger partial charge < -0.3 is 19.9 Å². The lowest BCUT2D eigenvalue weighted by Gasteiger charge is -2.43. The fourth-order valence-corrected chi connectivity index (χ4v) is 4.54. The summed E-state index contributed by atoms with van der Waals surface area (Å²) in [5, 5.41) is 21.5. The standard InChI is InChI=1S/C26H29N3O5/c1-29(13-16-34-22-4-2-3-19(17-22)18-27)26(11-14-33-15-12-26)24(32)28-25(9-10-25)21-7-5-20(6-8-21)23(30)31/h2-8,17H,9-16H2,1H3,(H,28,32)(H,30,31). The molecule has 1 aliphatic carbocycles. The highest BCUT2D eigenvalue weighted by Gasteiger charge is 2.51. The van der Waals surface area contributed by atoms with Crippen LogP contribution in [0.4, 0.5) is 0 Å². The van der Waals surface area contributed by atoms with Crippen molar-refractivity contribution in [2.24, 2.45) is 0 Å². The maximum absolute atomic E-state index is 13.7. The molecule has 8 heteroatoms. The van der Waals surface area contributed by atoms with Crippen LogP contribution >= 0.6 is 0 Å². The van der Waals surface area contributed by atoms with Crippen molar-refractivity contribution >= 4 is 11.9 Å². The van der Waals surface area contributed by atoms with E-state index in [2.05, 4.69) is 11.4 Å². The highest BCUT2D eigenvalue weighted by atomic mass is 16.5. The predicted molar refractivity (Wildman–Crippen MR) is 125 cm³/mol. The summed E-state index contributed by atoms with van der Waals surface area (Å²) < 4.78 is 11.4. The number of carboxylic acids is 1. The van der Waals surface area contributed by atoms with E-state index in [4.69, 9.17) is 19.8 Å². The molecule has 178 valence electrons. The van der Waals surface area contributed by atoms with Crippen molar-refractivity contribution in [2.45, 2.75) is 36.8 Å². The largest absolute Gasteiger partial charge is 0.492 e. The van der Waals surface area contributed by atoms with E-state index >= 15 is 0 Å². The molecule has 2 N–H and O–H groups in total. The Morgan fingerprint density at radius 2 is 1.85 bits per heavy atom. The van der Waals surface area contributed by atoms with Crippen molar-refractivity contribution in [1.29, 1.82) is 5.26 Å². The minimum Gasteiger partial charge on any atom is -0.492 e. The van der Waals surface area contributed by atoms with E-state index in [0.29, 0.717) is 50.5 Å². The normalized spacial score (nSPS) is 18.0. The Morgan fingerprint density at radius 3 is 2.47 bits per heavy atom. The average Bonchev–Trinajstić information content (AvgIpc) is 3.65. The van der Waals surface area contributed by atoms with Gasteiger partial charge in [-0.3, -0.25) is 9.69 Å². The van der Waals surface area contributed by atoms with Crippen LogP contribution in [0, 0.1) is 11.3 Å². The number of carboxylic acid groups (broad SMARTS) is 1. The number of carbonyl (C=O) groups is 2. The highest BCUT2D eigenvalue weighted by Crippen LogP contribution is 2.46. The summed E-state index contributed by atoms with van der Waals surface area (Å²) in [5.74, 6) is -0.381. The van der Waals surface area contributed by atoms with Crippen LogP contribution in [0.15, 0.2) is 48.5 Å². The quantitative estimate of drug-likeness (QED) is 0.588. The summed E-state index contributed by atoms with van der Waals surface area (Å²) >= 11 is 0. The molecule has 1 heterocycles. The molecule has 1 aliphatic heterocycles. The van der Waals surface area contributed by atoms with Crippen molar-refractivity contribution < 1.29 is 24.2 Å². The van der Waals surface area contributed by atoms with Gasteiger partial charge >= 0.3 is 5.97 Å². The van der Waals surface area contributed by atoms with Gasteiger partial charge in [0.1, 0.15) is 17.9 Å². The first-order chi connectivity index (χ1) is 16.4. The van der Waals surface area contributed by atoms with Gasteiger partial charge in [0.05, 0.1) is 22.7 Å². The molecule has 0 atom stereocenters. The second-order valence-electron chi connectivity index (χ2n) is 8.97. The van der Waals surface area contributed by atoms with Gasteiger partial charge in [0.2, 0.25) is 5.91 Å². The zero-order chi connectivity index (χ0) is 24.2. The van der Waals surface area contributed by atoms with Crippen LogP contribution in [0.25, 0.3) is 0 Å². The molecule has 2 aliphatic rings. The lowest BCUT2D eigenvalue weighted by molar-refractivity contribution is -0.140. The minimum atomic E-state index is -0.968. The number of likely N-dealkylation sites (N-methyl/N-ethyl adjacent to an activating group) is 1. The molecular weight excluding hydrogens is 434 g/mol. The monoisotopic (exact) mass is 463 g/mol. The highest BCUT2D eigenvalue weighted by molar-refractivity contribution is 5.88. The van der Waals surface area contributed by atoms with Crippen molar-refractivity contribution in [3.63, 3.8) is 0 Å². The molecule has 1 saturated heterocycles. The number of hydrogen-bond donors (Lipinski definition) is 2. The van der Waals surface area contributed by atoms with Crippen LogP contribution in [0.3, 0.4) is 0 Å². The fourth-order valence-electron chi connectivity index (χ4n) is 4.54. The number of amides is 1. The van der Waals surface area contributed by atoms with E-state index in [1.807, 2.05) is 18.0 Å². The van der Waals surface area contributed by atoms with Gasteiger partial charge in [0.15, 0.2) is 0 Å². The number of rotatable bonds is 9. The number of aromatic carboxylic acids is 1. The topological polar surface area (TPSA) is 112 Å². The summed E-state index contributed by atoms with van der Waals surface area (Å²) in [6.07, 6.45) is 2.79. The molecular formula is C26H29N3O5. The second-order valence-corrected chi connectivity index (χ2v) is 8.97. The number of carbonyl (C=O) groups excluding carboxylic acids is 1. The van der Waals surface area contributed by atoms with Crippen LogP contribution in [0.1, 0.15) is 47.2 Å². The van der Waals surface area contributed by atoms with Gasteiger partial charge in [0, 0.05) is 19.8 Å². The Morgan fingerprint density at radius 1 is 1.15 bits per heavy atom. The molecule has 34 heavy (non-hydrogen) atoms. The van der Waals surface area contributed by atoms with E-state index in [0.717, 1.165) is 18.4 Å². The third-order valence-corrected chi connectivity index (χ3v) is 6.92. The zero-order valence-electron chi connectivity index (χ0n) is 19.3.